The van der Waals surface area contributed by atoms with E-state index in [1.165, 1.54) is 12.0 Å². The molecule has 1 aromatic carbocycles. The zero-order valence-electron chi connectivity index (χ0n) is 17.7. The summed E-state index contributed by atoms with van der Waals surface area (Å²) in [5.74, 6) is 2.09. The molecule has 0 bridgehead atoms. The molecule has 1 fully saturated rings. The average Bonchev–Trinajstić information content (AvgIpc) is 2.75. The molecule has 2 heterocycles. The monoisotopic (exact) mass is 381 g/mol. The van der Waals surface area contributed by atoms with Crippen LogP contribution in [0.1, 0.15) is 45.6 Å². The maximum Gasteiger partial charge on any atom is 0.128 e. The van der Waals surface area contributed by atoms with E-state index in [9.17, 15) is 0 Å². The van der Waals surface area contributed by atoms with E-state index in [1.54, 1.807) is 0 Å². The van der Waals surface area contributed by atoms with E-state index in [-0.39, 0.29) is 5.41 Å². The Balaban J connectivity index is 1.30. The molecule has 0 atom stereocenters. The Kier molecular flexibility index (Phi) is 7.32. The van der Waals surface area contributed by atoms with E-state index in [0.717, 1.165) is 63.7 Å². The summed E-state index contributed by atoms with van der Waals surface area (Å²) in [6.07, 6.45) is 5.30. The lowest BCUT2D eigenvalue weighted by atomic mass is 9.82. The van der Waals surface area contributed by atoms with E-state index in [1.807, 2.05) is 12.3 Å². The maximum atomic E-state index is 5.94. The molecule has 0 aliphatic carbocycles. The molecule has 0 saturated carbocycles. The number of hydrogen-bond acceptors (Lipinski definition) is 4. The summed E-state index contributed by atoms with van der Waals surface area (Å²) in [5, 5.41) is 0. The Morgan fingerprint density at radius 1 is 0.964 bits per heavy atom. The lowest BCUT2D eigenvalue weighted by Crippen LogP contribution is -2.46. The van der Waals surface area contributed by atoms with Crippen LogP contribution in [-0.2, 0) is 5.41 Å². The Hall–Kier alpha value is -2.07. The van der Waals surface area contributed by atoms with Crippen LogP contribution in [0.2, 0.25) is 0 Å². The summed E-state index contributed by atoms with van der Waals surface area (Å²) in [6, 6.07) is 14.8. The van der Waals surface area contributed by atoms with Gasteiger partial charge >= 0.3 is 0 Å². The Labute approximate surface area is 170 Å². The van der Waals surface area contributed by atoms with Crippen molar-refractivity contribution >= 4 is 5.82 Å². The molecule has 152 valence electrons. The number of anilines is 1. The molecule has 4 nitrogen and oxygen atoms in total. The average molecular weight is 382 g/mol. The third kappa shape index (κ3) is 5.71. The van der Waals surface area contributed by atoms with Crippen molar-refractivity contribution < 1.29 is 4.74 Å². The molecule has 0 unspecified atom stereocenters. The summed E-state index contributed by atoms with van der Waals surface area (Å²) in [5.41, 5.74) is 1.62. The molecule has 1 aliphatic rings. The van der Waals surface area contributed by atoms with Crippen LogP contribution in [-0.4, -0.2) is 49.2 Å². The molecule has 3 rings (SSSR count). The fourth-order valence-electron chi connectivity index (χ4n) is 3.58. The fourth-order valence-corrected chi connectivity index (χ4v) is 3.58. The van der Waals surface area contributed by atoms with Crippen molar-refractivity contribution in [2.24, 2.45) is 0 Å². The van der Waals surface area contributed by atoms with Crippen LogP contribution in [0.15, 0.2) is 48.7 Å². The van der Waals surface area contributed by atoms with Gasteiger partial charge in [-0.2, -0.15) is 0 Å². The van der Waals surface area contributed by atoms with Crippen molar-refractivity contribution in [3.8, 4) is 5.75 Å². The van der Waals surface area contributed by atoms with Crippen LogP contribution < -0.4 is 9.64 Å². The summed E-state index contributed by atoms with van der Waals surface area (Å²) < 4.78 is 5.94. The molecular weight excluding hydrogens is 346 g/mol. The summed E-state index contributed by atoms with van der Waals surface area (Å²) >= 11 is 0. The largest absolute Gasteiger partial charge is 0.494 e. The van der Waals surface area contributed by atoms with Gasteiger partial charge in [0.05, 0.1) is 6.61 Å². The molecule has 4 heteroatoms. The summed E-state index contributed by atoms with van der Waals surface area (Å²) in [4.78, 5) is 9.39. The van der Waals surface area contributed by atoms with Gasteiger partial charge in [-0.3, -0.25) is 4.90 Å². The molecule has 0 radical (unpaired) electrons. The van der Waals surface area contributed by atoms with Crippen molar-refractivity contribution in [3.05, 3.63) is 54.2 Å². The molecular formula is C24H35N3O. The van der Waals surface area contributed by atoms with Gasteiger partial charge in [-0.05, 0) is 61.1 Å². The second-order valence-corrected chi connectivity index (χ2v) is 8.33. The first-order chi connectivity index (χ1) is 13.6. The molecule has 1 saturated heterocycles. The van der Waals surface area contributed by atoms with E-state index in [0.29, 0.717) is 0 Å². The van der Waals surface area contributed by atoms with Gasteiger partial charge in [0, 0.05) is 32.4 Å². The van der Waals surface area contributed by atoms with Crippen LogP contribution in [0, 0.1) is 0 Å². The normalized spacial score (nSPS) is 15.6. The Morgan fingerprint density at radius 2 is 1.71 bits per heavy atom. The van der Waals surface area contributed by atoms with Gasteiger partial charge in [0.1, 0.15) is 11.6 Å². The van der Waals surface area contributed by atoms with Crippen LogP contribution in [0.3, 0.4) is 0 Å². The second-order valence-electron chi connectivity index (χ2n) is 8.33. The number of aromatic nitrogens is 1. The number of pyridine rings is 1. The predicted molar refractivity (Wildman–Crippen MR) is 117 cm³/mol. The van der Waals surface area contributed by atoms with Crippen LogP contribution >= 0.6 is 0 Å². The van der Waals surface area contributed by atoms with E-state index in [4.69, 9.17) is 4.74 Å². The molecule has 1 aliphatic heterocycles. The minimum absolute atomic E-state index is 0.235. The third-order valence-corrected chi connectivity index (χ3v) is 6.00. The van der Waals surface area contributed by atoms with E-state index in [2.05, 4.69) is 72.0 Å². The van der Waals surface area contributed by atoms with Gasteiger partial charge in [0.25, 0.3) is 0 Å². The number of ether oxygens (including phenoxy) is 1. The Morgan fingerprint density at radius 3 is 2.36 bits per heavy atom. The first-order valence-electron chi connectivity index (χ1n) is 10.7. The molecule has 0 spiro atoms. The van der Waals surface area contributed by atoms with Crippen molar-refractivity contribution in [2.75, 3.05) is 44.2 Å². The highest BCUT2D eigenvalue weighted by molar-refractivity contribution is 5.38. The molecule has 2 aromatic rings. The summed E-state index contributed by atoms with van der Waals surface area (Å²) in [7, 11) is 0. The fraction of sp³-hybridized carbons (Fsp3) is 0.542. The number of benzene rings is 1. The van der Waals surface area contributed by atoms with Gasteiger partial charge in [-0.15, -0.1) is 0 Å². The van der Waals surface area contributed by atoms with E-state index < -0.39 is 0 Å². The maximum absolute atomic E-state index is 5.94. The number of rotatable bonds is 9. The zero-order valence-corrected chi connectivity index (χ0v) is 17.7. The van der Waals surface area contributed by atoms with Crippen LogP contribution in [0.4, 0.5) is 5.82 Å². The lowest BCUT2D eigenvalue weighted by Gasteiger charge is -2.35. The minimum Gasteiger partial charge on any atom is -0.494 e. The van der Waals surface area contributed by atoms with Gasteiger partial charge in [0.15, 0.2) is 0 Å². The van der Waals surface area contributed by atoms with Gasteiger partial charge in [-0.25, -0.2) is 4.98 Å². The quantitative estimate of drug-likeness (QED) is 0.586. The molecule has 1 aromatic heterocycles. The topological polar surface area (TPSA) is 28.6 Å². The summed E-state index contributed by atoms with van der Waals surface area (Å²) in [6.45, 7) is 13.1. The third-order valence-electron chi connectivity index (χ3n) is 6.00. The number of hydrogen-bond donors (Lipinski definition) is 0. The predicted octanol–water partition coefficient (Wildman–Crippen LogP) is 4.75. The highest BCUT2D eigenvalue weighted by atomic mass is 16.5. The Bertz CT molecular complexity index is 692. The van der Waals surface area contributed by atoms with Crippen molar-refractivity contribution in [2.45, 2.75) is 45.4 Å². The molecule has 0 N–H and O–H groups in total. The minimum atomic E-state index is 0.235. The van der Waals surface area contributed by atoms with Crippen LogP contribution in [0.5, 0.6) is 5.75 Å². The van der Waals surface area contributed by atoms with Crippen molar-refractivity contribution in [3.63, 3.8) is 0 Å². The number of piperazine rings is 1. The van der Waals surface area contributed by atoms with Crippen molar-refractivity contribution in [1.29, 1.82) is 0 Å². The molecule has 28 heavy (non-hydrogen) atoms. The van der Waals surface area contributed by atoms with Gasteiger partial charge < -0.3 is 9.64 Å². The highest BCUT2D eigenvalue weighted by Crippen LogP contribution is 2.28. The lowest BCUT2D eigenvalue weighted by molar-refractivity contribution is 0.238. The standard InChI is InChI=1S/C24H35N3O/c1-4-24(2,3)21-10-12-22(13-11-21)28-20-8-7-15-26-16-18-27(19-17-26)23-9-5-6-14-25-23/h5-6,9-14H,4,7-8,15-20H2,1-3H3. The van der Waals surface area contributed by atoms with E-state index >= 15 is 0 Å². The van der Waals surface area contributed by atoms with Crippen LogP contribution in [0.25, 0.3) is 0 Å². The van der Waals surface area contributed by atoms with Crippen molar-refractivity contribution in [1.82, 2.24) is 9.88 Å². The number of unbranched alkanes of at least 4 members (excludes halogenated alkanes) is 1. The number of nitrogens with zero attached hydrogens (tertiary/aromatic N) is 3. The SMILES string of the molecule is CCC(C)(C)c1ccc(OCCCCN2CCN(c3ccccn3)CC2)cc1. The first-order valence-corrected chi connectivity index (χ1v) is 10.7. The smallest absolute Gasteiger partial charge is 0.128 e. The first kappa shape index (κ1) is 20.7. The second kappa shape index (κ2) is 9.92. The van der Waals surface area contributed by atoms with Gasteiger partial charge in [0.2, 0.25) is 0 Å². The molecule has 0 amide bonds. The zero-order chi connectivity index (χ0) is 19.8. The highest BCUT2D eigenvalue weighted by Gasteiger charge is 2.18. The van der Waals surface area contributed by atoms with Gasteiger partial charge in [-0.1, -0.05) is 39.0 Å².